The summed E-state index contributed by atoms with van der Waals surface area (Å²) in [6.07, 6.45) is -0.423. The van der Waals surface area contributed by atoms with Crippen molar-refractivity contribution in [3.8, 4) is 5.75 Å². The molecule has 104 valence electrons. The number of benzene rings is 1. The Bertz CT molecular complexity index is 611. The summed E-state index contributed by atoms with van der Waals surface area (Å²) in [6.45, 7) is 1.67. The smallest absolute Gasteiger partial charge is 0.304 e. The van der Waals surface area contributed by atoms with E-state index < -0.39 is 33.5 Å². The first kappa shape index (κ1) is 13.7. The Morgan fingerprint density at radius 3 is 2.74 bits per heavy atom. The minimum atomic E-state index is -3.68. The highest BCUT2D eigenvalue weighted by Gasteiger charge is 2.40. The molecule has 0 spiro atoms. The number of hydrogen-bond donors (Lipinski definition) is 2. The second-order valence-electron chi connectivity index (χ2n) is 4.48. The number of ether oxygens (including phenoxy) is 1. The molecule has 0 amide bonds. The van der Waals surface area contributed by atoms with Crippen LogP contribution in [0.2, 0.25) is 0 Å². The SMILES string of the molecule is COc1ccc2c(c1)S(=O)(=O)C(CC(=O)O)C(C)N2. The Labute approximate surface area is 111 Å². The lowest BCUT2D eigenvalue weighted by Crippen LogP contribution is -2.43. The lowest BCUT2D eigenvalue weighted by molar-refractivity contribution is -0.137. The summed E-state index contributed by atoms with van der Waals surface area (Å²) in [5.74, 6) is -0.707. The molecule has 1 heterocycles. The fraction of sp³-hybridized carbons (Fsp3) is 0.417. The van der Waals surface area contributed by atoms with E-state index in [1.54, 1.807) is 19.1 Å². The summed E-state index contributed by atoms with van der Waals surface area (Å²) >= 11 is 0. The van der Waals surface area contributed by atoms with Crippen LogP contribution in [0.1, 0.15) is 13.3 Å². The van der Waals surface area contributed by atoms with Gasteiger partial charge in [0.1, 0.15) is 5.75 Å². The van der Waals surface area contributed by atoms with Crippen LogP contribution in [0.3, 0.4) is 0 Å². The fourth-order valence-corrected chi connectivity index (χ4v) is 4.22. The van der Waals surface area contributed by atoms with Crippen molar-refractivity contribution in [2.75, 3.05) is 12.4 Å². The van der Waals surface area contributed by atoms with Crippen molar-refractivity contribution in [2.45, 2.75) is 29.5 Å². The molecule has 2 N–H and O–H groups in total. The van der Waals surface area contributed by atoms with E-state index in [0.717, 1.165) is 0 Å². The molecular weight excluding hydrogens is 270 g/mol. The van der Waals surface area contributed by atoms with Crippen molar-refractivity contribution in [3.05, 3.63) is 18.2 Å². The monoisotopic (exact) mass is 285 g/mol. The Morgan fingerprint density at radius 2 is 2.16 bits per heavy atom. The van der Waals surface area contributed by atoms with Crippen LogP contribution in [0.5, 0.6) is 5.75 Å². The number of carbonyl (C=O) groups is 1. The molecule has 1 aliphatic rings. The number of fused-ring (bicyclic) bond motifs is 1. The van der Waals surface area contributed by atoms with Crippen LogP contribution in [-0.2, 0) is 14.6 Å². The molecule has 0 aromatic heterocycles. The van der Waals surface area contributed by atoms with Crippen LogP contribution in [0.4, 0.5) is 5.69 Å². The van der Waals surface area contributed by atoms with Gasteiger partial charge in [-0.3, -0.25) is 4.79 Å². The summed E-state index contributed by atoms with van der Waals surface area (Å²) in [5.41, 5.74) is 0.481. The second kappa shape index (κ2) is 4.73. The second-order valence-corrected chi connectivity index (χ2v) is 6.61. The first-order valence-electron chi connectivity index (χ1n) is 5.76. The zero-order valence-corrected chi connectivity index (χ0v) is 11.4. The van der Waals surface area contributed by atoms with E-state index in [1.165, 1.54) is 13.2 Å². The van der Waals surface area contributed by atoms with Crippen LogP contribution >= 0.6 is 0 Å². The topological polar surface area (TPSA) is 92.7 Å². The van der Waals surface area contributed by atoms with Crippen LogP contribution in [0, 0.1) is 0 Å². The largest absolute Gasteiger partial charge is 0.497 e. The van der Waals surface area contributed by atoms with Crippen molar-refractivity contribution in [1.29, 1.82) is 0 Å². The first-order chi connectivity index (χ1) is 8.86. The molecular formula is C12H15NO5S. The fourth-order valence-electron chi connectivity index (χ4n) is 2.21. The maximum Gasteiger partial charge on any atom is 0.304 e. The van der Waals surface area contributed by atoms with Gasteiger partial charge in [-0.25, -0.2) is 8.42 Å². The van der Waals surface area contributed by atoms with Crippen molar-refractivity contribution >= 4 is 21.5 Å². The van der Waals surface area contributed by atoms with Gasteiger partial charge < -0.3 is 15.2 Å². The van der Waals surface area contributed by atoms with Crippen LogP contribution in [-0.4, -0.2) is 37.9 Å². The zero-order chi connectivity index (χ0) is 14.2. The quantitative estimate of drug-likeness (QED) is 0.864. The van der Waals surface area contributed by atoms with E-state index in [2.05, 4.69) is 5.32 Å². The number of sulfone groups is 1. The Hall–Kier alpha value is -1.76. The van der Waals surface area contributed by atoms with Gasteiger partial charge in [0.05, 0.1) is 29.4 Å². The number of methoxy groups -OCH3 is 1. The molecule has 1 aromatic carbocycles. The van der Waals surface area contributed by atoms with Crippen LogP contribution in [0.25, 0.3) is 0 Å². The molecule has 2 rings (SSSR count). The molecule has 1 aromatic rings. The van der Waals surface area contributed by atoms with Crippen LogP contribution < -0.4 is 10.1 Å². The van der Waals surface area contributed by atoms with Gasteiger partial charge in [-0.05, 0) is 19.1 Å². The van der Waals surface area contributed by atoms with E-state index in [1.807, 2.05) is 0 Å². The van der Waals surface area contributed by atoms with Crippen LogP contribution in [0.15, 0.2) is 23.1 Å². The van der Waals surface area contributed by atoms with Gasteiger partial charge in [0.25, 0.3) is 0 Å². The predicted octanol–water partition coefficient (Wildman–Crippen LogP) is 1.13. The van der Waals surface area contributed by atoms with Crippen molar-refractivity contribution in [2.24, 2.45) is 0 Å². The Kier molecular flexibility index (Phi) is 3.40. The molecule has 2 unspecified atom stereocenters. The molecule has 0 radical (unpaired) electrons. The predicted molar refractivity (Wildman–Crippen MR) is 69.3 cm³/mol. The summed E-state index contributed by atoms with van der Waals surface area (Å²) in [5, 5.41) is 10.9. The first-order valence-corrected chi connectivity index (χ1v) is 7.31. The summed E-state index contributed by atoms with van der Waals surface area (Å²) in [4.78, 5) is 10.9. The Morgan fingerprint density at radius 1 is 1.47 bits per heavy atom. The molecule has 7 heteroatoms. The highest BCUT2D eigenvalue weighted by Crippen LogP contribution is 2.36. The summed E-state index contributed by atoms with van der Waals surface area (Å²) < 4.78 is 29.9. The van der Waals surface area contributed by atoms with Gasteiger partial charge in [-0.15, -0.1) is 0 Å². The number of carboxylic acid groups (broad SMARTS) is 1. The molecule has 1 aliphatic heterocycles. The minimum absolute atomic E-state index is 0.0937. The standard InChI is InChI=1S/C12H15NO5S/c1-7-10(6-12(14)15)19(16,17)11-5-8(18-2)3-4-9(11)13-7/h3-5,7,10,13H,6H2,1-2H3,(H,14,15). The van der Waals surface area contributed by atoms with E-state index in [4.69, 9.17) is 9.84 Å². The highest BCUT2D eigenvalue weighted by molar-refractivity contribution is 7.92. The van der Waals surface area contributed by atoms with Gasteiger partial charge >= 0.3 is 5.97 Å². The average Bonchev–Trinajstić information content (AvgIpc) is 2.34. The molecule has 2 atom stereocenters. The van der Waals surface area contributed by atoms with Gasteiger partial charge in [-0.1, -0.05) is 0 Å². The normalized spacial score (nSPS) is 24.1. The molecule has 6 nitrogen and oxygen atoms in total. The maximum absolute atomic E-state index is 12.5. The van der Waals surface area contributed by atoms with Gasteiger partial charge in [0.15, 0.2) is 9.84 Å². The molecule has 0 saturated carbocycles. The van der Waals surface area contributed by atoms with E-state index in [-0.39, 0.29) is 4.90 Å². The maximum atomic E-state index is 12.5. The number of aliphatic carboxylic acids is 1. The van der Waals surface area contributed by atoms with Crippen molar-refractivity contribution in [3.63, 3.8) is 0 Å². The number of nitrogens with one attached hydrogen (secondary N) is 1. The summed E-state index contributed by atoms with van der Waals surface area (Å²) in [6, 6.07) is 4.24. The van der Waals surface area contributed by atoms with Gasteiger partial charge in [-0.2, -0.15) is 0 Å². The lowest BCUT2D eigenvalue weighted by Gasteiger charge is -2.31. The minimum Gasteiger partial charge on any atom is -0.497 e. The molecule has 0 saturated heterocycles. The van der Waals surface area contributed by atoms with Crippen molar-refractivity contribution < 1.29 is 23.1 Å². The third-order valence-electron chi connectivity index (χ3n) is 3.21. The summed E-state index contributed by atoms with van der Waals surface area (Å²) in [7, 11) is -2.24. The molecule has 19 heavy (non-hydrogen) atoms. The zero-order valence-electron chi connectivity index (χ0n) is 10.6. The molecule has 0 aliphatic carbocycles. The average molecular weight is 285 g/mol. The number of anilines is 1. The lowest BCUT2D eigenvalue weighted by atomic mass is 10.1. The molecule has 0 bridgehead atoms. The van der Waals surface area contributed by atoms with Crippen molar-refractivity contribution in [1.82, 2.24) is 0 Å². The highest BCUT2D eigenvalue weighted by atomic mass is 32.2. The van der Waals surface area contributed by atoms with E-state index in [0.29, 0.717) is 11.4 Å². The number of rotatable bonds is 3. The van der Waals surface area contributed by atoms with Gasteiger partial charge in [0, 0.05) is 12.1 Å². The number of hydrogen-bond acceptors (Lipinski definition) is 5. The van der Waals surface area contributed by atoms with Gasteiger partial charge in [0.2, 0.25) is 0 Å². The third kappa shape index (κ3) is 2.37. The Balaban J connectivity index is 2.53. The van der Waals surface area contributed by atoms with E-state index in [9.17, 15) is 13.2 Å². The third-order valence-corrected chi connectivity index (χ3v) is 5.53. The molecule has 0 fully saturated rings. The number of carboxylic acids is 1. The van der Waals surface area contributed by atoms with E-state index >= 15 is 0 Å².